The number of hydrogen-bond acceptors (Lipinski definition) is 4. The average Bonchev–Trinajstić information content (AvgIpc) is 3.13. The van der Waals surface area contributed by atoms with Crippen LogP contribution in [0.3, 0.4) is 0 Å². The number of thiophene rings is 1. The van der Waals surface area contributed by atoms with E-state index >= 15 is 0 Å². The number of likely N-dealkylation sites (N-methyl/N-ethyl adjacent to an activating group) is 1. The molecule has 0 aromatic carbocycles. The van der Waals surface area contributed by atoms with E-state index in [1.807, 2.05) is 47.5 Å². The first kappa shape index (κ1) is 15.5. The average molecular weight is 321 g/mol. The molecule has 0 bridgehead atoms. The maximum atomic E-state index is 12.4. The third-order valence-electron chi connectivity index (χ3n) is 4.89. The van der Waals surface area contributed by atoms with E-state index in [2.05, 4.69) is 4.90 Å². The van der Waals surface area contributed by atoms with Crippen LogP contribution in [-0.4, -0.2) is 60.4 Å². The molecule has 0 radical (unpaired) electrons. The van der Waals surface area contributed by atoms with Gasteiger partial charge in [-0.05, 0) is 24.9 Å². The molecule has 0 aliphatic carbocycles. The van der Waals surface area contributed by atoms with Gasteiger partial charge >= 0.3 is 0 Å². The summed E-state index contributed by atoms with van der Waals surface area (Å²) in [5.74, 6) is 0.378. The minimum absolute atomic E-state index is 0.0265. The fourth-order valence-corrected chi connectivity index (χ4v) is 4.10. The summed E-state index contributed by atoms with van der Waals surface area (Å²) in [6, 6.07) is 1.99. The number of carbonyl (C=O) groups excluding carboxylic acids is 2. The first-order valence-electron chi connectivity index (χ1n) is 7.75. The van der Waals surface area contributed by atoms with Gasteiger partial charge in [0, 0.05) is 30.9 Å². The van der Waals surface area contributed by atoms with Crippen molar-refractivity contribution in [3.63, 3.8) is 0 Å². The first-order chi connectivity index (χ1) is 10.4. The minimum Gasteiger partial charge on any atom is -0.340 e. The highest BCUT2D eigenvalue weighted by Crippen LogP contribution is 2.34. The summed E-state index contributed by atoms with van der Waals surface area (Å²) in [5, 5.41) is 4.01. The van der Waals surface area contributed by atoms with E-state index in [1.54, 1.807) is 11.3 Å². The SMILES string of the molecule is CC(C)C(=O)N1CC[C@]2(C1)CN(c1ccsc1)C(=O)CN2C. The van der Waals surface area contributed by atoms with Crippen molar-refractivity contribution in [2.45, 2.75) is 25.8 Å². The van der Waals surface area contributed by atoms with Crippen molar-refractivity contribution in [1.82, 2.24) is 9.80 Å². The molecular formula is C16H23N3O2S. The van der Waals surface area contributed by atoms with Gasteiger partial charge in [-0.25, -0.2) is 0 Å². The highest BCUT2D eigenvalue weighted by Gasteiger charge is 2.48. The highest BCUT2D eigenvalue weighted by molar-refractivity contribution is 7.08. The lowest BCUT2D eigenvalue weighted by Gasteiger charge is -2.46. The van der Waals surface area contributed by atoms with Gasteiger partial charge in [-0.1, -0.05) is 13.8 Å². The van der Waals surface area contributed by atoms with E-state index in [4.69, 9.17) is 0 Å². The van der Waals surface area contributed by atoms with Crippen molar-refractivity contribution < 1.29 is 9.59 Å². The number of rotatable bonds is 2. The molecule has 22 heavy (non-hydrogen) atoms. The van der Waals surface area contributed by atoms with Gasteiger partial charge in [0.1, 0.15) is 0 Å². The standard InChI is InChI=1S/C16H23N3O2S/c1-12(2)15(21)18-6-5-16(10-18)11-19(13-4-7-22-9-13)14(20)8-17(16)3/h4,7,9,12H,5-6,8,10-11H2,1-3H3/t16-/m0/s1. The molecule has 120 valence electrons. The van der Waals surface area contributed by atoms with Crippen molar-refractivity contribution in [1.29, 1.82) is 0 Å². The molecule has 1 aromatic heterocycles. The zero-order valence-corrected chi connectivity index (χ0v) is 14.2. The van der Waals surface area contributed by atoms with Crippen molar-refractivity contribution >= 4 is 28.8 Å². The molecule has 0 N–H and O–H groups in total. The Balaban J connectivity index is 1.81. The molecule has 6 heteroatoms. The van der Waals surface area contributed by atoms with Gasteiger partial charge < -0.3 is 9.80 Å². The maximum Gasteiger partial charge on any atom is 0.241 e. The van der Waals surface area contributed by atoms with Crippen molar-refractivity contribution in [2.75, 3.05) is 38.1 Å². The molecule has 0 unspecified atom stereocenters. The summed E-state index contributed by atoms with van der Waals surface area (Å²) < 4.78 is 0. The second-order valence-corrected chi connectivity index (χ2v) is 7.49. The fraction of sp³-hybridized carbons (Fsp3) is 0.625. The lowest BCUT2D eigenvalue weighted by Crippen LogP contribution is -2.64. The number of likely N-dealkylation sites (tertiary alicyclic amines) is 1. The van der Waals surface area contributed by atoms with E-state index < -0.39 is 0 Å². The molecule has 2 fully saturated rings. The monoisotopic (exact) mass is 321 g/mol. The fourth-order valence-electron chi connectivity index (χ4n) is 3.46. The number of carbonyl (C=O) groups is 2. The van der Waals surface area contributed by atoms with Crippen LogP contribution in [0.1, 0.15) is 20.3 Å². The Labute approximate surface area is 135 Å². The summed E-state index contributed by atoms with van der Waals surface area (Å²) in [6.45, 7) is 6.47. The van der Waals surface area contributed by atoms with Crippen LogP contribution in [0.25, 0.3) is 0 Å². The van der Waals surface area contributed by atoms with Crippen LogP contribution < -0.4 is 4.90 Å². The highest BCUT2D eigenvalue weighted by atomic mass is 32.1. The Hall–Kier alpha value is -1.40. The van der Waals surface area contributed by atoms with Gasteiger partial charge in [-0.2, -0.15) is 11.3 Å². The Morgan fingerprint density at radius 3 is 2.77 bits per heavy atom. The summed E-state index contributed by atoms with van der Waals surface area (Å²) >= 11 is 1.60. The zero-order valence-electron chi connectivity index (χ0n) is 13.4. The number of nitrogens with zero attached hydrogens (tertiary/aromatic N) is 3. The Morgan fingerprint density at radius 2 is 2.14 bits per heavy atom. The second kappa shape index (κ2) is 5.66. The molecule has 3 heterocycles. The summed E-state index contributed by atoms with van der Waals surface area (Å²) in [6.07, 6.45) is 0.926. The van der Waals surface area contributed by atoms with E-state index in [1.165, 1.54) is 0 Å². The molecule has 1 atom stereocenters. The van der Waals surface area contributed by atoms with Crippen molar-refractivity contribution in [3.05, 3.63) is 16.8 Å². The van der Waals surface area contributed by atoms with Crippen LogP contribution in [0.5, 0.6) is 0 Å². The van der Waals surface area contributed by atoms with E-state index in [0.29, 0.717) is 19.6 Å². The minimum atomic E-state index is -0.111. The van der Waals surface area contributed by atoms with Gasteiger partial charge in [0.2, 0.25) is 11.8 Å². The molecular weight excluding hydrogens is 298 g/mol. The molecule has 5 nitrogen and oxygen atoms in total. The van der Waals surface area contributed by atoms with Crippen LogP contribution >= 0.6 is 11.3 Å². The predicted molar refractivity (Wildman–Crippen MR) is 88.1 cm³/mol. The molecule has 1 spiro atoms. The largest absolute Gasteiger partial charge is 0.340 e. The number of amides is 2. The normalized spacial score (nSPS) is 26.5. The van der Waals surface area contributed by atoms with Gasteiger partial charge in [0.05, 0.1) is 17.8 Å². The number of anilines is 1. The lowest BCUT2D eigenvalue weighted by molar-refractivity contribution is -0.134. The summed E-state index contributed by atoms with van der Waals surface area (Å²) in [4.78, 5) is 30.7. The molecule has 2 saturated heterocycles. The smallest absolute Gasteiger partial charge is 0.241 e. The van der Waals surface area contributed by atoms with Crippen LogP contribution in [0.4, 0.5) is 5.69 Å². The molecule has 1 aromatic rings. The van der Waals surface area contributed by atoms with Gasteiger partial charge in [0.15, 0.2) is 0 Å². The van der Waals surface area contributed by atoms with Gasteiger partial charge in [-0.3, -0.25) is 14.5 Å². The topological polar surface area (TPSA) is 43.9 Å². The van der Waals surface area contributed by atoms with Crippen molar-refractivity contribution in [3.8, 4) is 0 Å². The Bertz CT molecular complexity index is 572. The summed E-state index contributed by atoms with van der Waals surface area (Å²) in [7, 11) is 2.01. The Morgan fingerprint density at radius 1 is 1.36 bits per heavy atom. The van der Waals surface area contributed by atoms with E-state index in [-0.39, 0.29) is 23.3 Å². The van der Waals surface area contributed by atoms with Crippen LogP contribution in [0, 0.1) is 5.92 Å². The van der Waals surface area contributed by atoms with Crippen LogP contribution in [-0.2, 0) is 9.59 Å². The zero-order chi connectivity index (χ0) is 15.9. The third-order valence-corrected chi connectivity index (χ3v) is 5.56. The molecule has 2 aliphatic rings. The van der Waals surface area contributed by atoms with Gasteiger partial charge in [0.25, 0.3) is 0 Å². The molecule has 3 rings (SSSR count). The summed E-state index contributed by atoms with van der Waals surface area (Å²) in [5.41, 5.74) is 0.872. The van der Waals surface area contributed by atoms with Gasteiger partial charge in [-0.15, -0.1) is 0 Å². The van der Waals surface area contributed by atoms with Crippen LogP contribution in [0.2, 0.25) is 0 Å². The number of piperazine rings is 1. The first-order valence-corrected chi connectivity index (χ1v) is 8.70. The maximum absolute atomic E-state index is 12.4. The molecule has 2 amide bonds. The molecule has 0 saturated carbocycles. The molecule has 2 aliphatic heterocycles. The number of hydrogen-bond donors (Lipinski definition) is 0. The van der Waals surface area contributed by atoms with Crippen LogP contribution in [0.15, 0.2) is 16.8 Å². The van der Waals surface area contributed by atoms with E-state index in [0.717, 1.165) is 18.7 Å². The van der Waals surface area contributed by atoms with E-state index in [9.17, 15) is 9.59 Å². The lowest BCUT2D eigenvalue weighted by atomic mass is 9.92. The van der Waals surface area contributed by atoms with Crippen molar-refractivity contribution in [2.24, 2.45) is 5.92 Å². The third kappa shape index (κ3) is 2.54. The second-order valence-electron chi connectivity index (χ2n) is 6.71. The Kier molecular flexibility index (Phi) is 3.99. The quantitative estimate of drug-likeness (QED) is 0.832. The predicted octanol–water partition coefficient (Wildman–Crippen LogP) is 1.65.